The molecular formula is C28H20F6OS3. The first-order valence-electron chi connectivity index (χ1n) is 11.7. The predicted molar refractivity (Wildman–Crippen MR) is 140 cm³/mol. The summed E-state index contributed by atoms with van der Waals surface area (Å²) in [5.41, 5.74) is -1.73. The topological polar surface area (TPSA) is 17.1 Å². The molecule has 1 fully saturated rings. The molecule has 0 N–H and O–H groups in total. The quantitative estimate of drug-likeness (QED) is 0.338. The van der Waals surface area contributed by atoms with Gasteiger partial charge in [0.2, 0.25) is 0 Å². The van der Waals surface area contributed by atoms with E-state index < -0.39 is 49.2 Å². The number of rotatable bonds is 3. The van der Waals surface area contributed by atoms with Crippen molar-refractivity contribution in [2.24, 2.45) is 0 Å². The van der Waals surface area contributed by atoms with Gasteiger partial charge in [-0.15, -0.1) is 23.5 Å². The van der Waals surface area contributed by atoms with Crippen LogP contribution in [0.2, 0.25) is 0 Å². The van der Waals surface area contributed by atoms with Crippen LogP contribution in [-0.4, -0.2) is 31.5 Å². The van der Waals surface area contributed by atoms with Crippen LogP contribution in [0.1, 0.15) is 25.0 Å². The van der Waals surface area contributed by atoms with Crippen molar-refractivity contribution >= 4 is 39.9 Å². The highest BCUT2D eigenvalue weighted by Gasteiger charge is 2.84. The summed E-state index contributed by atoms with van der Waals surface area (Å²) in [5.74, 6) is -15.7. The summed E-state index contributed by atoms with van der Waals surface area (Å²) in [7, 11) is -1.56. The Morgan fingerprint density at radius 2 is 1.42 bits per heavy atom. The van der Waals surface area contributed by atoms with Gasteiger partial charge in [0.05, 0.1) is 20.3 Å². The van der Waals surface area contributed by atoms with E-state index in [9.17, 15) is 13.0 Å². The Hall–Kier alpha value is -2.17. The Balaban J connectivity index is 1.56. The zero-order chi connectivity index (χ0) is 27.5. The van der Waals surface area contributed by atoms with Gasteiger partial charge in [-0.05, 0) is 67.8 Å². The molecule has 1 saturated carbocycles. The number of fused-ring (bicyclic) bond motifs is 6. The molecule has 4 aliphatic rings. The maximum absolute atomic E-state index is 15.4. The van der Waals surface area contributed by atoms with E-state index in [1.165, 1.54) is 35.4 Å². The van der Waals surface area contributed by atoms with Crippen LogP contribution in [-0.2, 0) is 10.8 Å². The lowest BCUT2D eigenvalue weighted by molar-refractivity contribution is -0.257. The third-order valence-corrected chi connectivity index (χ3v) is 12.1. The van der Waals surface area contributed by atoms with Gasteiger partial charge in [-0.3, -0.25) is 0 Å². The number of hydrogen-bond acceptors (Lipinski definition) is 3. The summed E-state index contributed by atoms with van der Waals surface area (Å²) in [6.07, 6.45) is 2.76. The summed E-state index contributed by atoms with van der Waals surface area (Å²) in [4.78, 5) is 1.48. The first kappa shape index (κ1) is 26.1. The number of aryl methyl sites for hydroxylation is 1. The Kier molecular flexibility index (Phi) is 5.45. The van der Waals surface area contributed by atoms with Gasteiger partial charge in [-0.2, -0.15) is 26.3 Å². The normalized spacial score (nSPS) is 30.7. The van der Waals surface area contributed by atoms with Crippen LogP contribution in [0, 0.1) is 6.92 Å². The van der Waals surface area contributed by atoms with Crippen molar-refractivity contribution < 1.29 is 30.6 Å². The largest absolute Gasteiger partial charge is 0.380 e. The monoisotopic (exact) mass is 582 g/mol. The smallest absolute Gasteiger partial charge is 0.250 e. The lowest BCUT2D eigenvalue weighted by Gasteiger charge is -2.47. The van der Waals surface area contributed by atoms with E-state index in [4.69, 9.17) is 0 Å². The molecule has 3 atom stereocenters. The van der Waals surface area contributed by atoms with Crippen LogP contribution in [0.5, 0.6) is 0 Å². The molecule has 38 heavy (non-hydrogen) atoms. The molecule has 6 rings (SSSR count). The Morgan fingerprint density at radius 3 is 2.11 bits per heavy atom. The summed E-state index contributed by atoms with van der Waals surface area (Å²) >= 11 is 2.36. The first-order valence-corrected chi connectivity index (χ1v) is 14.5. The molecule has 1 unspecified atom stereocenters. The summed E-state index contributed by atoms with van der Waals surface area (Å²) < 4.78 is 102. The molecule has 10 heteroatoms. The molecule has 198 valence electrons. The zero-order valence-corrected chi connectivity index (χ0v) is 22.7. The van der Waals surface area contributed by atoms with Crippen molar-refractivity contribution in [2.75, 3.05) is 0 Å². The molecule has 0 aromatic heterocycles. The molecule has 1 nitrogen and oxygen atoms in total. The predicted octanol–water partition coefficient (Wildman–Crippen LogP) is 8.55. The van der Waals surface area contributed by atoms with Gasteiger partial charge in [0.15, 0.2) is 0 Å². The third kappa shape index (κ3) is 3.08. The average Bonchev–Trinajstić information content (AvgIpc) is 3.39. The van der Waals surface area contributed by atoms with E-state index in [0.717, 1.165) is 17.3 Å². The second-order valence-electron chi connectivity index (χ2n) is 9.99. The molecular weight excluding hydrogens is 562 g/mol. The highest BCUT2D eigenvalue weighted by Crippen LogP contribution is 2.76. The van der Waals surface area contributed by atoms with E-state index in [-0.39, 0.29) is 16.7 Å². The van der Waals surface area contributed by atoms with Crippen molar-refractivity contribution in [2.45, 2.75) is 57.8 Å². The van der Waals surface area contributed by atoms with Crippen molar-refractivity contribution in [3.8, 4) is 0 Å². The number of halogens is 6. The standard InChI is InChI=1S/C28H20F6OS3/c1-15-8-10-17(11-9-15)38(35)13-12-16-14-19-22-23(27(31,32)28(33,34)26(22,29)30)21-18-6-4-5-7-20(18)37-25(21,3)24(19,2)36-16/h4-14H,1-3H3/b13-12+/t24-,25-,38?/m1/s1. The lowest BCUT2D eigenvalue weighted by Crippen LogP contribution is -2.48. The Bertz CT molecular complexity index is 1550. The Morgan fingerprint density at radius 1 is 0.789 bits per heavy atom. The molecule has 0 bridgehead atoms. The molecule has 2 aliphatic heterocycles. The van der Waals surface area contributed by atoms with Gasteiger partial charge in [-0.25, -0.2) is 4.21 Å². The molecule has 2 aromatic rings. The minimum atomic E-state index is -5.59. The molecule has 2 aliphatic carbocycles. The number of thioether (sulfide) groups is 2. The number of alkyl halides is 6. The van der Waals surface area contributed by atoms with Gasteiger partial charge in [0.25, 0.3) is 0 Å². The van der Waals surface area contributed by atoms with Gasteiger partial charge in [-0.1, -0.05) is 35.9 Å². The molecule has 0 spiro atoms. The van der Waals surface area contributed by atoms with Gasteiger partial charge in [0, 0.05) is 31.3 Å². The van der Waals surface area contributed by atoms with Crippen LogP contribution >= 0.6 is 23.5 Å². The molecule has 2 aromatic carbocycles. The summed E-state index contributed by atoms with van der Waals surface area (Å²) in [6.45, 7) is 5.18. The first-order chi connectivity index (χ1) is 17.7. The second kappa shape index (κ2) is 7.95. The van der Waals surface area contributed by atoms with Gasteiger partial charge >= 0.3 is 17.8 Å². The van der Waals surface area contributed by atoms with Crippen molar-refractivity contribution in [3.63, 3.8) is 0 Å². The summed E-state index contributed by atoms with van der Waals surface area (Å²) in [5, 5.41) is 1.39. The van der Waals surface area contributed by atoms with Crippen LogP contribution in [0.15, 0.2) is 97.5 Å². The van der Waals surface area contributed by atoms with Crippen LogP contribution in [0.3, 0.4) is 0 Å². The van der Waals surface area contributed by atoms with E-state index in [1.54, 1.807) is 56.3 Å². The minimum absolute atomic E-state index is 0.171. The van der Waals surface area contributed by atoms with Crippen LogP contribution in [0.25, 0.3) is 5.57 Å². The van der Waals surface area contributed by atoms with Crippen LogP contribution in [0.4, 0.5) is 26.3 Å². The molecule has 0 saturated heterocycles. The molecule has 2 heterocycles. The van der Waals surface area contributed by atoms with E-state index in [1.807, 2.05) is 6.92 Å². The SMILES string of the molecule is Cc1ccc(S(=O)/C=C/C2=CC3=C4C(=C5c6ccccc6S[C@@]5(C)[C@]3(C)S2)C(F)(F)C(F)(F)C4(F)F)cc1. The number of hydrogen-bond donors (Lipinski definition) is 0. The average molecular weight is 583 g/mol. The maximum atomic E-state index is 15.4. The van der Waals surface area contributed by atoms with Crippen molar-refractivity contribution in [1.29, 1.82) is 0 Å². The lowest BCUT2D eigenvalue weighted by atomic mass is 9.70. The fourth-order valence-corrected chi connectivity index (χ4v) is 9.64. The fraction of sp³-hybridized carbons (Fsp3) is 0.286. The Labute approximate surface area is 226 Å². The maximum Gasteiger partial charge on any atom is 0.380 e. The minimum Gasteiger partial charge on any atom is -0.250 e. The highest BCUT2D eigenvalue weighted by molar-refractivity contribution is 8.08. The number of allylic oxidation sites excluding steroid dienone is 4. The second-order valence-corrected chi connectivity index (χ2v) is 14.3. The fourth-order valence-electron chi connectivity index (χ4n) is 5.64. The van der Waals surface area contributed by atoms with Crippen molar-refractivity contribution in [3.05, 3.63) is 98.8 Å². The van der Waals surface area contributed by atoms with Gasteiger partial charge in [0.1, 0.15) is 0 Å². The van der Waals surface area contributed by atoms with Crippen molar-refractivity contribution in [1.82, 2.24) is 0 Å². The van der Waals surface area contributed by atoms with E-state index >= 15 is 17.6 Å². The molecule has 0 amide bonds. The van der Waals surface area contributed by atoms with E-state index in [0.29, 0.717) is 14.7 Å². The molecule has 0 radical (unpaired) electrons. The summed E-state index contributed by atoms with van der Waals surface area (Å²) in [6, 6.07) is 13.5. The highest BCUT2D eigenvalue weighted by atomic mass is 32.2. The van der Waals surface area contributed by atoms with Crippen LogP contribution < -0.4 is 0 Å². The van der Waals surface area contributed by atoms with E-state index in [2.05, 4.69) is 0 Å². The third-order valence-electron chi connectivity index (χ3n) is 7.78. The van der Waals surface area contributed by atoms with Gasteiger partial charge < -0.3 is 0 Å². The number of benzene rings is 2. The zero-order valence-electron chi connectivity index (χ0n) is 20.3.